The SMILES string of the molecule is COc1cccc(C(N)=O)c1OCc1cccc(F)c1. The molecule has 5 heteroatoms. The molecule has 0 fully saturated rings. The summed E-state index contributed by atoms with van der Waals surface area (Å²) in [6, 6.07) is 10.9. The molecule has 0 heterocycles. The van der Waals surface area contributed by atoms with E-state index in [2.05, 4.69) is 0 Å². The Morgan fingerprint density at radius 1 is 1.25 bits per heavy atom. The third-order valence-electron chi connectivity index (χ3n) is 2.74. The fraction of sp³-hybridized carbons (Fsp3) is 0.133. The molecule has 2 aromatic carbocycles. The molecule has 0 aromatic heterocycles. The molecule has 0 aliphatic carbocycles. The van der Waals surface area contributed by atoms with Gasteiger partial charge in [0.25, 0.3) is 5.91 Å². The number of para-hydroxylation sites is 1. The van der Waals surface area contributed by atoms with Crippen LogP contribution in [0.2, 0.25) is 0 Å². The second-order valence-electron chi connectivity index (χ2n) is 4.12. The van der Waals surface area contributed by atoms with Crippen LogP contribution in [0.25, 0.3) is 0 Å². The summed E-state index contributed by atoms with van der Waals surface area (Å²) in [5.74, 6) is -0.302. The average molecular weight is 275 g/mol. The van der Waals surface area contributed by atoms with Gasteiger partial charge in [0, 0.05) is 0 Å². The van der Waals surface area contributed by atoms with Crippen molar-refractivity contribution in [2.75, 3.05) is 7.11 Å². The molecular weight excluding hydrogens is 261 g/mol. The lowest BCUT2D eigenvalue weighted by atomic mass is 10.1. The number of carbonyl (C=O) groups excluding carboxylic acids is 1. The van der Waals surface area contributed by atoms with Gasteiger partial charge in [-0.25, -0.2) is 4.39 Å². The number of benzene rings is 2. The lowest BCUT2D eigenvalue weighted by Gasteiger charge is -2.13. The van der Waals surface area contributed by atoms with E-state index in [1.165, 1.54) is 19.2 Å². The average Bonchev–Trinajstić information content (AvgIpc) is 2.44. The van der Waals surface area contributed by atoms with Crippen molar-refractivity contribution in [1.82, 2.24) is 0 Å². The van der Waals surface area contributed by atoms with Crippen LogP contribution in [0.5, 0.6) is 11.5 Å². The minimum absolute atomic E-state index is 0.110. The lowest BCUT2D eigenvalue weighted by Crippen LogP contribution is -2.13. The highest BCUT2D eigenvalue weighted by atomic mass is 19.1. The first kappa shape index (κ1) is 13.9. The quantitative estimate of drug-likeness (QED) is 0.912. The first-order valence-electron chi connectivity index (χ1n) is 5.96. The van der Waals surface area contributed by atoms with Gasteiger partial charge in [-0.3, -0.25) is 4.79 Å². The highest BCUT2D eigenvalue weighted by molar-refractivity contribution is 5.96. The zero-order valence-electron chi connectivity index (χ0n) is 10.9. The molecule has 0 saturated carbocycles. The van der Waals surface area contributed by atoms with Gasteiger partial charge in [-0.2, -0.15) is 0 Å². The number of carbonyl (C=O) groups is 1. The van der Waals surface area contributed by atoms with Crippen molar-refractivity contribution < 1.29 is 18.7 Å². The van der Waals surface area contributed by atoms with Gasteiger partial charge in [0.1, 0.15) is 12.4 Å². The van der Waals surface area contributed by atoms with E-state index in [1.807, 2.05) is 0 Å². The number of ether oxygens (including phenoxy) is 2. The molecule has 104 valence electrons. The molecule has 0 unspecified atom stereocenters. The van der Waals surface area contributed by atoms with Crippen LogP contribution < -0.4 is 15.2 Å². The first-order valence-corrected chi connectivity index (χ1v) is 5.96. The van der Waals surface area contributed by atoms with Crippen LogP contribution in [-0.4, -0.2) is 13.0 Å². The maximum Gasteiger partial charge on any atom is 0.252 e. The first-order chi connectivity index (χ1) is 9.61. The van der Waals surface area contributed by atoms with Crippen molar-refractivity contribution in [1.29, 1.82) is 0 Å². The molecular formula is C15H14FNO3. The zero-order valence-corrected chi connectivity index (χ0v) is 10.9. The predicted molar refractivity (Wildman–Crippen MR) is 72.2 cm³/mol. The van der Waals surface area contributed by atoms with E-state index in [4.69, 9.17) is 15.2 Å². The Morgan fingerprint density at radius 2 is 2.00 bits per heavy atom. The molecule has 4 nitrogen and oxygen atoms in total. The van der Waals surface area contributed by atoms with E-state index in [0.717, 1.165) is 0 Å². The standard InChI is InChI=1S/C15H14FNO3/c1-19-13-7-3-6-12(15(17)18)14(13)20-9-10-4-2-5-11(16)8-10/h2-8H,9H2,1H3,(H2,17,18). The topological polar surface area (TPSA) is 61.5 Å². The summed E-state index contributed by atoms with van der Waals surface area (Å²) < 4.78 is 23.8. The third kappa shape index (κ3) is 3.06. The maximum atomic E-state index is 13.1. The van der Waals surface area contributed by atoms with Crippen molar-refractivity contribution in [3.05, 3.63) is 59.4 Å². The van der Waals surface area contributed by atoms with Crippen molar-refractivity contribution >= 4 is 5.91 Å². The van der Waals surface area contributed by atoms with Crippen LogP contribution in [-0.2, 0) is 6.61 Å². The Hall–Kier alpha value is -2.56. The fourth-order valence-corrected chi connectivity index (χ4v) is 1.80. The number of hydrogen-bond donors (Lipinski definition) is 1. The Balaban J connectivity index is 2.26. The number of primary amides is 1. The van der Waals surface area contributed by atoms with E-state index >= 15 is 0 Å². The van der Waals surface area contributed by atoms with Crippen LogP contribution in [0, 0.1) is 5.82 Å². The Morgan fingerprint density at radius 3 is 2.65 bits per heavy atom. The molecule has 0 aliphatic heterocycles. The summed E-state index contributed by atoms with van der Waals surface area (Å²) >= 11 is 0. The van der Waals surface area contributed by atoms with Crippen LogP contribution in [0.1, 0.15) is 15.9 Å². The minimum Gasteiger partial charge on any atom is -0.493 e. The number of amides is 1. The zero-order chi connectivity index (χ0) is 14.5. The van der Waals surface area contributed by atoms with E-state index < -0.39 is 5.91 Å². The summed E-state index contributed by atoms with van der Waals surface area (Å²) in [6.07, 6.45) is 0. The highest BCUT2D eigenvalue weighted by Gasteiger charge is 2.14. The molecule has 2 N–H and O–H groups in total. The van der Waals surface area contributed by atoms with E-state index in [1.54, 1.807) is 30.3 Å². The monoisotopic (exact) mass is 275 g/mol. The van der Waals surface area contributed by atoms with Gasteiger partial charge in [0.15, 0.2) is 11.5 Å². The van der Waals surface area contributed by atoms with Gasteiger partial charge < -0.3 is 15.2 Å². The second-order valence-corrected chi connectivity index (χ2v) is 4.12. The van der Waals surface area contributed by atoms with E-state index in [9.17, 15) is 9.18 Å². The van der Waals surface area contributed by atoms with Gasteiger partial charge >= 0.3 is 0 Å². The summed E-state index contributed by atoms with van der Waals surface area (Å²) in [7, 11) is 1.47. The molecule has 0 spiro atoms. The second kappa shape index (κ2) is 6.06. The van der Waals surface area contributed by atoms with Crippen LogP contribution in [0.3, 0.4) is 0 Å². The third-order valence-corrected chi connectivity index (χ3v) is 2.74. The number of halogens is 1. The molecule has 0 saturated heterocycles. The summed E-state index contributed by atoms with van der Waals surface area (Å²) in [4.78, 5) is 11.4. The fourth-order valence-electron chi connectivity index (χ4n) is 1.80. The van der Waals surface area contributed by atoms with Crippen LogP contribution in [0.4, 0.5) is 4.39 Å². The number of hydrogen-bond acceptors (Lipinski definition) is 3. The van der Waals surface area contributed by atoms with Gasteiger partial charge in [-0.1, -0.05) is 18.2 Å². The van der Waals surface area contributed by atoms with Crippen molar-refractivity contribution in [2.24, 2.45) is 5.73 Å². The molecule has 2 rings (SSSR count). The van der Waals surface area contributed by atoms with Crippen molar-refractivity contribution in [3.8, 4) is 11.5 Å². The van der Waals surface area contributed by atoms with Gasteiger partial charge in [0.2, 0.25) is 0 Å². The predicted octanol–water partition coefficient (Wildman–Crippen LogP) is 2.51. The number of rotatable bonds is 5. The molecule has 1 amide bonds. The largest absolute Gasteiger partial charge is 0.493 e. The number of nitrogens with two attached hydrogens (primary N) is 1. The molecule has 0 atom stereocenters. The summed E-state index contributed by atoms with van der Waals surface area (Å²) in [6.45, 7) is 0.110. The van der Waals surface area contributed by atoms with Crippen molar-refractivity contribution in [2.45, 2.75) is 6.61 Å². The van der Waals surface area contributed by atoms with Crippen LogP contribution >= 0.6 is 0 Å². The molecule has 0 aliphatic rings. The van der Waals surface area contributed by atoms with Crippen LogP contribution in [0.15, 0.2) is 42.5 Å². The Bertz CT molecular complexity index is 628. The molecule has 20 heavy (non-hydrogen) atoms. The summed E-state index contributed by atoms with van der Waals surface area (Å²) in [5.41, 5.74) is 6.16. The van der Waals surface area contributed by atoms with Gasteiger partial charge in [0.05, 0.1) is 12.7 Å². The molecule has 0 radical (unpaired) electrons. The summed E-state index contributed by atoms with van der Waals surface area (Å²) in [5, 5.41) is 0. The molecule has 2 aromatic rings. The Labute approximate surface area is 115 Å². The van der Waals surface area contributed by atoms with E-state index in [0.29, 0.717) is 11.3 Å². The molecule has 0 bridgehead atoms. The Kier molecular flexibility index (Phi) is 4.20. The minimum atomic E-state index is -0.613. The van der Waals surface area contributed by atoms with E-state index in [-0.39, 0.29) is 23.7 Å². The highest BCUT2D eigenvalue weighted by Crippen LogP contribution is 2.31. The van der Waals surface area contributed by atoms with Gasteiger partial charge in [-0.15, -0.1) is 0 Å². The maximum absolute atomic E-state index is 13.1. The van der Waals surface area contributed by atoms with Crippen molar-refractivity contribution in [3.63, 3.8) is 0 Å². The number of methoxy groups -OCH3 is 1. The smallest absolute Gasteiger partial charge is 0.252 e. The normalized spacial score (nSPS) is 10.1. The lowest BCUT2D eigenvalue weighted by molar-refractivity contribution is 0.0995. The van der Waals surface area contributed by atoms with Gasteiger partial charge in [-0.05, 0) is 29.8 Å².